The van der Waals surface area contributed by atoms with Gasteiger partial charge in [0.1, 0.15) is 0 Å². The summed E-state index contributed by atoms with van der Waals surface area (Å²) < 4.78 is 5.16. The number of carbonyl (C=O) groups is 3. The van der Waals surface area contributed by atoms with Crippen LogP contribution >= 0.6 is 23.2 Å². The molecule has 0 saturated heterocycles. The zero-order valence-electron chi connectivity index (χ0n) is 14.0. The van der Waals surface area contributed by atoms with Gasteiger partial charge in [-0.05, 0) is 43.3 Å². The lowest BCUT2D eigenvalue weighted by Gasteiger charge is -2.15. The number of halogens is 2. The zero-order valence-corrected chi connectivity index (χ0v) is 15.5. The van der Waals surface area contributed by atoms with Crippen LogP contribution in [-0.4, -0.2) is 23.9 Å². The van der Waals surface area contributed by atoms with E-state index in [4.69, 9.17) is 27.9 Å². The Balaban J connectivity index is 2.03. The van der Waals surface area contributed by atoms with Crippen molar-refractivity contribution in [2.24, 2.45) is 0 Å². The second-order valence-electron chi connectivity index (χ2n) is 5.42. The first kappa shape index (κ1) is 19.8. The van der Waals surface area contributed by atoms with Gasteiger partial charge >= 0.3 is 5.97 Å². The fraction of sp³-hybridized carbons (Fsp3) is 0.167. The molecule has 26 heavy (non-hydrogen) atoms. The second-order valence-corrected chi connectivity index (χ2v) is 6.27. The van der Waals surface area contributed by atoms with Crippen LogP contribution in [0, 0.1) is 0 Å². The van der Waals surface area contributed by atoms with Crippen LogP contribution in [0.15, 0.2) is 42.5 Å². The van der Waals surface area contributed by atoms with Crippen LogP contribution in [0.25, 0.3) is 0 Å². The van der Waals surface area contributed by atoms with E-state index in [0.29, 0.717) is 21.4 Å². The molecule has 0 saturated carbocycles. The normalized spacial score (nSPS) is 11.4. The minimum Gasteiger partial charge on any atom is -0.449 e. The quantitative estimate of drug-likeness (QED) is 0.746. The van der Waals surface area contributed by atoms with Crippen molar-refractivity contribution in [2.45, 2.75) is 20.0 Å². The predicted molar refractivity (Wildman–Crippen MR) is 101 cm³/mol. The molecule has 0 radical (unpaired) electrons. The summed E-state index contributed by atoms with van der Waals surface area (Å²) in [5.41, 5.74) is 0.978. The largest absolute Gasteiger partial charge is 0.449 e. The minimum atomic E-state index is -1.07. The van der Waals surface area contributed by atoms with Crippen LogP contribution in [0.4, 0.5) is 11.4 Å². The molecule has 0 unspecified atom stereocenters. The monoisotopic (exact) mass is 394 g/mol. The summed E-state index contributed by atoms with van der Waals surface area (Å²) in [7, 11) is 0. The third kappa shape index (κ3) is 5.47. The maximum Gasteiger partial charge on any atom is 0.338 e. The number of esters is 1. The molecule has 2 aromatic carbocycles. The summed E-state index contributed by atoms with van der Waals surface area (Å²) in [4.78, 5) is 35.5. The van der Waals surface area contributed by atoms with E-state index < -0.39 is 18.0 Å². The van der Waals surface area contributed by atoms with Crippen molar-refractivity contribution in [1.29, 1.82) is 0 Å². The highest BCUT2D eigenvalue weighted by Gasteiger charge is 2.20. The van der Waals surface area contributed by atoms with Crippen molar-refractivity contribution in [3.63, 3.8) is 0 Å². The average Bonchev–Trinajstić information content (AvgIpc) is 2.57. The van der Waals surface area contributed by atoms with Crippen molar-refractivity contribution in [1.82, 2.24) is 0 Å². The number of amides is 2. The van der Waals surface area contributed by atoms with Gasteiger partial charge in [0.05, 0.1) is 16.3 Å². The first-order valence-corrected chi connectivity index (χ1v) is 8.36. The highest BCUT2D eigenvalue weighted by molar-refractivity contribution is 6.35. The maximum atomic E-state index is 12.2. The Morgan fingerprint density at radius 3 is 2.46 bits per heavy atom. The van der Waals surface area contributed by atoms with Gasteiger partial charge in [-0.1, -0.05) is 29.3 Å². The number of anilines is 2. The Labute approximate surface area is 160 Å². The van der Waals surface area contributed by atoms with Crippen LogP contribution in [0.1, 0.15) is 24.2 Å². The molecule has 0 bridgehead atoms. The van der Waals surface area contributed by atoms with Crippen molar-refractivity contribution in [3.05, 3.63) is 58.1 Å². The highest BCUT2D eigenvalue weighted by atomic mass is 35.5. The van der Waals surface area contributed by atoms with Crippen LogP contribution in [-0.2, 0) is 14.3 Å². The van der Waals surface area contributed by atoms with Gasteiger partial charge in [-0.3, -0.25) is 9.59 Å². The molecule has 0 aliphatic rings. The van der Waals surface area contributed by atoms with E-state index in [9.17, 15) is 14.4 Å². The lowest BCUT2D eigenvalue weighted by Crippen LogP contribution is -2.30. The van der Waals surface area contributed by atoms with E-state index in [-0.39, 0.29) is 11.5 Å². The lowest BCUT2D eigenvalue weighted by atomic mass is 10.2. The van der Waals surface area contributed by atoms with Crippen LogP contribution < -0.4 is 10.6 Å². The molecular weight excluding hydrogens is 379 g/mol. The number of hydrogen-bond acceptors (Lipinski definition) is 4. The molecule has 0 aliphatic heterocycles. The van der Waals surface area contributed by atoms with E-state index >= 15 is 0 Å². The summed E-state index contributed by atoms with van der Waals surface area (Å²) in [6.45, 7) is 2.79. The van der Waals surface area contributed by atoms with E-state index in [1.165, 1.54) is 32.0 Å². The van der Waals surface area contributed by atoms with Crippen LogP contribution in [0.3, 0.4) is 0 Å². The van der Waals surface area contributed by atoms with E-state index in [0.717, 1.165) is 0 Å². The molecule has 0 spiro atoms. The number of nitrogens with one attached hydrogen (secondary N) is 2. The smallest absolute Gasteiger partial charge is 0.338 e. The first-order valence-electron chi connectivity index (χ1n) is 7.61. The molecule has 2 N–H and O–H groups in total. The summed E-state index contributed by atoms with van der Waals surface area (Å²) in [5, 5.41) is 5.84. The molecule has 2 amide bonds. The molecule has 1 atom stereocenters. The standard InChI is InChI=1S/C18H16Cl2N2O4/c1-10(17(24)22-16-9-13(19)6-7-15(16)20)26-18(25)12-4-3-5-14(8-12)21-11(2)23/h3-10H,1-2H3,(H,21,23)(H,22,24)/t10-/m1/s1. The van der Waals surface area contributed by atoms with Gasteiger partial charge in [-0.25, -0.2) is 4.79 Å². The third-order valence-corrected chi connectivity index (χ3v) is 3.82. The lowest BCUT2D eigenvalue weighted by molar-refractivity contribution is -0.123. The molecule has 6 nitrogen and oxygen atoms in total. The van der Waals surface area contributed by atoms with Crippen molar-refractivity contribution in [3.8, 4) is 0 Å². The zero-order chi connectivity index (χ0) is 19.3. The number of hydrogen-bond donors (Lipinski definition) is 2. The van der Waals surface area contributed by atoms with Crippen molar-refractivity contribution < 1.29 is 19.1 Å². The molecule has 2 rings (SSSR count). The SMILES string of the molecule is CC(=O)Nc1cccc(C(=O)O[C@H](C)C(=O)Nc2cc(Cl)ccc2Cl)c1. The molecule has 0 fully saturated rings. The fourth-order valence-electron chi connectivity index (χ4n) is 2.04. The summed E-state index contributed by atoms with van der Waals surface area (Å²) in [6.07, 6.45) is -1.07. The van der Waals surface area contributed by atoms with Crippen molar-refractivity contribution >= 4 is 52.4 Å². The molecule has 136 valence electrons. The first-order chi connectivity index (χ1) is 12.3. The number of carbonyl (C=O) groups excluding carboxylic acids is 3. The topological polar surface area (TPSA) is 84.5 Å². The maximum absolute atomic E-state index is 12.2. The van der Waals surface area contributed by atoms with Gasteiger partial charge < -0.3 is 15.4 Å². The van der Waals surface area contributed by atoms with Crippen LogP contribution in [0.5, 0.6) is 0 Å². The molecule has 2 aromatic rings. The second kappa shape index (κ2) is 8.69. The van der Waals surface area contributed by atoms with Gasteiger partial charge in [0.2, 0.25) is 5.91 Å². The summed E-state index contributed by atoms with van der Waals surface area (Å²) >= 11 is 11.9. The molecule has 0 aromatic heterocycles. The van der Waals surface area contributed by atoms with Gasteiger partial charge in [-0.15, -0.1) is 0 Å². The Bertz CT molecular complexity index is 855. The predicted octanol–water partition coefficient (Wildman–Crippen LogP) is 4.14. The van der Waals surface area contributed by atoms with Gasteiger partial charge in [0, 0.05) is 17.6 Å². The van der Waals surface area contributed by atoms with Crippen LogP contribution in [0.2, 0.25) is 10.0 Å². The molecule has 0 heterocycles. The Morgan fingerprint density at radius 2 is 1.77 bits per heavy atom. The summed E-state index contributed by atoms with van der Waals surface area (Å²) in [5.74, 6) is -1.51. The Hall–Kier alpha value is -2.57. The number of ether oxygens (including phenoxy) is 1. The average molecular weight is 395 g/mol. The highest BCUT2D eigenvalue weighted by Crippen LogP contribution is 2.25. The fourth-order valence-corrected chi connectivity index (χ4v) is 2.37. The number of rotatable bonds is 5. The van der Waals surface area contributed by atoms with E-state index in [2.05, 4.69) is 10.6 Å². The van der Waals surface area contributed by atoms with E-state index in [1.54, 1.807) is 24.3 Å². The molecular formula is C18H16Cl2N2O4. The Kier molecular flexibility index (Phi) is 6.60. The van der Waals surface area contributed by atoms with E-state index in [1.807, 2.05) is 0 Å². The van der Waals surface area contributed by atoms with Gasteiger partial charge in [0.25, 0.3) is 5.91 Å². The summed E-state index contributed by atoms with van der Waals surface area (Å²) in [6, 6.07) is 10.8. The van der Waals surface area contributed by atoms with Gasteiger partial charge in [-0.2, -0.15) is 0 Å². The third-order valence-electron chi connectivity index (χ3n) is 3.26. The Morgan fingerprint density at radius 1 is 1.04 bits per heavy atom. The molecule has 0 aliphatic carbocycles. The number of benzene rings is 2. The van der Waals surface area contributed by atoms with Gasteiger partial charge in [0.15, 0.2) is 6.10 Å². The minimum absolute atomic E-state index is 0.205. The van der Waals surface area contributed by atoms with Crippen molar-refractivity contribution in [2.75, 3.05) is 10.6 Å². The molecule has 8 heteroatoms.